The van der Waals surface area contributed by atoms with Gasteiger partial charge in [-0.3, -0.25) is 0 Å². The molecule has 1 saturated carbocycles. The van der Waals surface area contributed by atoms with E-state index in [4.69, 9.17) is 9.47 Å². The number of alkyl halides is 2. The summed E-state index contributed by atoms with van der Waals surface area (Å²) in [6.07, 6.45) is 3.50. The summed E-state index contributed by atoms with van der Waals surface area (Å²) in [6.45, 7) is 0. The standard InChI is InChI=1S/C23H18F2N6O2S/c1-32-21-15(10-27-23(29-21)33-2)17-9-14(20-26-5-6-31(20)30-17)13-8-12(13)11-3-4-16-18(7-11)34-22(28-16)19(24)25/h3-7,9-10,12-13,19H,8H2,1-2H3/t12-,13+/m1/s1. The lowest BCUT2D eigenvalue weighted by molar-refractivity contribution is 0.151. The van der Waals surface area contributed by atoms with Gasteiger partial charge in [-0.1, -0.05) is 6.07 Å². The van der Waals surface area contributed by atoms with E-state index >= 15 is 0 Å². The van der Waals surface area contributed by atoms with Gasteiger partial charge < -0.3 is 9.47 Å². The van der Waals surface area contributed by atoms with Gasteiger partial charge >= 0.3 is 6.01 Å². The van der Waals surface area contributed by atoms with Crippen LogP contribution in [0.2, 0.25) is 0 Å². The fraction of sp³-hybridized carbons (Fsp3) is 0.261. The van der Waals surface area contributed by atoms with Crippen molar-refractivity contribution in [1.29, 1.82) is 0 Å². The van der Waals surface area contributed by atoms with Crippen molar-refractivity contribution in [3.05, 3.63) is 59.0 Å². The van der Waals surface area contributed by atoms with Crippen LogP contribution in [0.4, 0.5) is 8.78 Å². The van der Waals surface area contributed by atoms with Crippen molar-refractivity contribution < 1.29 is 18.3 Å². The number of benzene rings is 1. The normalized spacial score (nSPS) is 17.6. The Kier molecular flexibility index (Phi) is 4.87. The highest BCUT2D eigenvalue weighted by atomic mass is 32.1. The van der Waals surface area contributed by atoms with Gasteiger partial charge in [0.05, 0.1) is 35.7 Å². The third-order valence-electron chi connectivity index (χ3n) is 6.00. The number of thiazole rings is 1. The third kappa shape index (κ3) is 3.43. The van der Waals surface area contributed by atoms with E-state index in [-0.39, 0.29) is 22.9 Å². The Balaban J connectivity index is 1.38. The van der Waals surface area contributed by atoms with Crippen LogP contribution >= 0.6 is 11.3 Å². The molecule has 0 saturated heterocycles. The number of methoxy groups -OCH3 is 2. The van der Waals surface area contributed by atoms with E-state index in [1.807, 2.05) is 24.3 Å². The van der Waals surface area contributed by atoms with E-state index in [0.29, 0.717) is 22.7 Å². The average Bonchev–Trinajstić information content (AvgIpc) is 3.29. The van der Waals surface area contributed by atoms with Gasteiger partial charge in [0.1, 0.15) is 0 Å². The Morgan fingerprint density at radius 2 is 1.97 bits per heavy atom. The number of rotatable bonds is 6. The van der Waals surface area contributed by atoms with Crippen molar-refractivity contribution in [2.75, 3.05) is 14.2 Å². The summed E-state index contributed by atoms with van der Waals surface area (Å²) in [6, 6.07) is 7.99. The number of ether oxygens (including phenoxy) is 2. The number of halogens is 2. The highest BCUT2D eigenvalue weighted by Crippen LogP contribution is 2.56. The first-order valence-electron chi connectivity index (χ1n) is 10.5. The van der Waals surface area contributed by atoms with Crippen LogP contribution in [0, 0.1) is 0 Å². The molecule has 2 atom stereocenters. The van der Waals surface area contributed by atoms with Crippen molar-refractivity contribution in [3.63, 3.8) is 0 Å². The molecule has 1 aliphatic rings. The molecule has 1 aromatic carbocycles. The second-order valence-corrected chi connectivity index (χ2v) is 9.05. The van der Waals surface area contributed by atoms with Crippen molar-refractivity contribution in [3.8, 4) is 23.1 Å². The Labute approximate surface area is 196 Å². The molecule has 4 heterocycles. The fourth-order valence-electron chi connectivity index (χ4n) is 4.32. The first-order chi connectivity index (χ1) is 16.6. The van der Waals surface area contributed by atoms with E-state index in [2.05, 4.69) is 25.0 Å². The maximum absolute atomic E-state index is 13.1. The number of hydrogen-bond donors (Lipinski definition) is 0. The van der Waals surface area contributed by atoms with E-state index in [9.17, 15) is 8.78 Å². The summed E-state index contributed by atoms with van der Waals surface area (Å²) in [5.41, 5.74) is 4.84. The molecule has 1 aliphatic carbocycles. The fourth-order valence-corrected chi connectivity index (χ4v) is 5.19. The molecule has 8 nitrogen and oxygen atoms in total. The summed E-state index contributed by atoms with van der Waals surface area (Å²) in [7, 11) is 3.03. The first kappa shape index (κ1) is 20.8. The summed E-state index contributed by atoms with van der Waals surface area (Å²) in [5.74, 6) is 0.839. The first-order valence-corrected chi connectivity index (χ1v) is 11.4. The lowest BCUT2D eigenvalue weighted by atomic mass is 10.0. The third-order valence-corrected chi connectivity index (χ3v) is 7.03. The van der Waals surface area contributed by atoms with Gasteiger partial charge in [-0.2, -0.15) is 10.1 Å². The molecule has 11 heteroatoms. The van der Waals surface area contributed by atoms with Gasteiger partial charge in [-0.25, -0.2) is 28.2 Å². The molecule has 0 bridgehead atoms. The van der Waals surface area contributed by atoms with Crippen molar-refractivity contribution in [1.82, 2.24) is 29.5 Å². The second kappa shape index (κ2) is 7.94. The van der Waals surface area contributed by atoms with E-state index in [0.717, 1.165) is 39.2 Å². The van der Waals surface area contributed by atoms with Gasteiger partial charge in [-0.05, 0) is 42.0 Å². The predicted octanol–water partition coefficient (Wildman–Crippen LogP) is 5.02. The van der Waals surface area contributed by atoms with E-state index in [1.165, 1.54) is 14.2 Å². The van der Waals surface area contributed by atoms with Crippen LogP contribution in [0.5, 0.6) is 11.9 Å². The molecule has 0 spiro atoms. The molecule has 0 unspecified atom stereocenters. The van der Waals surface area contributed by atoms with E-state index in [1.54, 1.807) is 23.1 Å². The molecule has 172 valence electrons. The molecule has 0 N–H and O–H groups in total. The lowest BCUT2D eigenvalue weighted by Crippen LogP contribution is -2.02. The smallest absolute Gasteiger partial charge is 0.319 e. The molecular weight excluding hydrogens is 462 g/mol. The number of aromatic nitrogens is 6. The molecule has 4 aromatic heterocycles. The molecule has 0 aliphatic heterocycles. The summed E-state index contributed by atoms with van der Waals surface area (Å²) < 4.78 is 39.2. The molecule has 0 amide bonds. The van der Waals surface area contributed by atoms with Gasteiger partial charge in [-0.15, -0.1) is 11.3 Å². The van der Waals surface area contributed by atoms with Crippen LogP contribution in [0.3, 0.4) is 0 Å². The predicted molar refractivity (Wildman–Crippen MR) is 122 cm³/mol. The SMILES string of the molecule is COc1ncc(-c2cc([C@H]3C[C@@H]3c3ccc4nc(C(F)F)sc4c3)c3nccn3n2)c(OC)n1. The van der Waals surface area contributed by atoms with Gasteiger partial charge in [0.15, 0.2) is 10.7 Å². The van der Waals surface area contributed by atoms with Gasteiger partial charge in [0.2, 0.25) is 5.88 Å². The van der Waals surface area contributed by atoms with Crippen LogP contribution in [-0.4, -0.2) is 43.8 Å². The van der Waals surface area contributed by atoms with Crippen LogP contribution in [0.15, 0.2) is 42.9 Å². The van der Waals surface area contributed by atoms with Gasteiger partial charge in [0, 0.05) is 24.2 Å². The van der Waals surface area contributed by atoms with Crippen LogP contribution < -0.4 is 9.47 Å². The maximum Gasteiger partial charge on any atom is 0.319 e. The second-order valence-electron chi connectivity index (χ2n) is 7.99. The summed E-state index contributed by atoms with van der Waals surface area (Å²) in [4.78, 5) is 17.0. The Morgan fingerprint density at radius 3 is 2.76 bits per heavy atom. The molecular formula is C23H18F2N6O2S. The largest absolute Gasteiger partial charge is 0.480 e. The van der Waals surface area contributed by atoms with Crippen LogP contribution in [0.25, 0.3) is 27.1 Å². The zero-order valence-corrected chi connectivity index (χ0v) is 19.0. The van der Waals surface area contributed by atoms with Crippen molar-refractivity contribution in [2.45, 2.75) is 24.7 Å². The van der Waals surface area contributed by atoms with E-state index < -0.39 is 6.43 Å². The number of nitrogens with zero attached hydrogens (tertiary/aromatic N) is 6. The van der Waals surface area contributed by atoms with Crippen molar-refractivity contribution >= 4 is 27.2 Å². The minimum atomic E-state index is -2.56. The average molecular weight is 481 g/mol. The van der Waals surface area contributed by atoms with Crippen LogP contribution in [0.1, 0.15) is 40.8 Å². The summed E-state index contributed by atoms with van der Waals surface area (Å²) in [5, 5.41) is 4.53. The minimum Gasteiger partial charge on any atom is -0.480 e. The van der Waals surface area contributed by atoms with Crippen molar-refractivity contribution in [2.24, 2.45) is 0 Å². The quantitative estimate of drug-likeness (QED) is 0.337. The lowest BCUT2D eigenvalue weighted by Gasteiger charge is -2.10. The minimum absolute atomic E-state index is 0.145. The molecule has 34 heavy (non-hydrogen) atoms. The summed E-state index contributed by atoms with van der Waals surface area (Å²) >= 11 is 1.05. The Hall–Kier alpha value is -3.73. The Morgan fingerprint density at radius 1 is 1.09 bits per heavy atom. The van der Waals surface area contributed by atoms with Crippen LogP contribution in [-0.2, 0) is 0 Å². The number of fused-ring (bicyclic) bond motifs is 2. The highest BCUT2D eigenvalue weighted by Gasteiger charge is 2.41. The monoisotopic (exact) mass is 480 g/mol. The maximum atomic E-state index is 13.1. The number of hydrogen-bond acceptors (Lipinski definition) is 8. The number of imidazole rings is 1. The Bertz CT molecular complexity index is 1540. The highest BCUT2D eigenvalue weighted by molar-refractivity contribution is 7.18. The topological polar surface area (TPSA) is 87.3 Å². The molecule has 0 radical (unpaired) electrons. The zero-order valence-electron chi connectivity index (χ0n) is 18.1. The zero-order chi connectivity index (χ0) is 23.4. The molecule has 1 fully saturated rings. The molecule has 6 rings (SSSR count). The molecule has 5 aromatic rings. The van der Waals surface area contributed by atoms with Gasteiger partial charge in [0.25, 0.3) is 6.43 Å².